The van der Waals surface area contributed by atoms with Crippen molar-refractivity contribution in [3.05, 3.63) is 23.0 Å². The summed E-state index contributed by atoms with van der Waals surface area (Å²) in [6, 6.07) is 0. The van der Waals surface area contributed by atoms with Gasteiger partial charge in [0.15, 0.2) is 11.4 Å². The number of pyridine rings is 1. The van der Waals surface area contributed by atoms with Crippen LogP contribution in [-0.4, -0.2) is 16.6 Å². The van der Waals surface area contributed by atoms with E-state index in [9.17, 15) is 31.1 Å². The highest BCUT2D eigenvalue weighted by molar-refractivity contribution is 6.68. The van der Waals surface area contributed by atoms with E-state index >= 15 is 0 Å². The first-order valence-electron chi connectivity index (χ1n) is 4.58. The molecule has 0 amide bonds. The SMILES string of the molecule is O=C(Cl)c1c(CCl)cnc(C(F)(F)F)c1OC(F)(F)F. The molecule has 0 fully saturated rings. The second-order valence-corrected chi connectivity index (χ2v) is 3.90. The summed E-state index contributed by atoms with van der Waals surface area (Å²) in [4.78, 5) is 13.9. The van der Waals surface area contributed by atoms with Gasteiger partial charge >= 0.3 is 12.5 Å². The molecule has 0 aliphatic heterocycles. The predicted octanol–water partition coefficient (Wildman–Crippen LogP) is 4.12. The number of rotatable bonds is 3. The predicted molar refractivity (Wildman–Crippen MR) is 55.7 cm³/mol. The maximum atomic E-state index is 12.6. The van der Waals surface area contributed by atoms with E-state index in [-0.39, 0.29) is 0 Å². The summed E-state index contributed by atoms with van der Waals surface area (Å²) in [5, 5.41) is -1.58. The maximum Gasteiger partial charge on any atom is 0.573 e. The van der Waals surface area contributed by atoms with E-state index in [1.165, 1.54) is 0 Å². The Balaban J connectivity index is 3.64. The lowest BCUT2D eigenvalue weighted by atomic mass is 10.1. The quantitative estimate of drug-likeness (QED) is 0.471. The van der Waals surface area contributed by atoms with E-state index in [4.69, 9.17) is 23.2 Å². The van der Waals surface area contributed by atoms with Crippen LogP contribution in [0.1, 0.15) is 21.6 Å². The first kappa shape index (κ1) is 16.8. The largest absolute Gasteiger partial charge is 0.573 e. The Kier molecular flexibility index (Phi) is 4.75. The van der Waals surface area contributed by atoms with Crippen LogP contribution in [0.4, 0.5) is 26.3 Å². The van der Waals surface area contributed by atoms with Gasteiger partial charge in [0.1, 0.15) is 0 Å². The Labute approximate surface area is 117 Å². The number of alkyl halides is 7. The first-order valence-corrected chi connectivity index (χ1v) is 5.49. The van der Waals surface area contributed by atoms with Crippen molar-refractivity contribution in [3.8, 4) is 5.75 Å². The molecule has 1 aromatic heterocycles. The molecule has 0 unspecified atom stereocenters. The lowest BCUT2D eigenvalue weighted by molar-refractivity contribution is -0.276. The van der Waals surface area contributed by atoms with Crippen LogP contribution >= 0.6 is 23.2 Å². The van der Waals surface area contributed by atoms with Crippen molar-refractivity contribution >= 4 is 28.4 Å². The standard InChI is InChI=1S/C9H3Cl2F6NO2/c10-1-3-2-18-6(8(12,13)14)5(4(3)7(11)19)20-9(15,16)17/h2H,1H2. The molecule has 1 rings (SSSR count). The van der Waals surface area contributed by atoms with Gasteiger partial charge in [0.25, 0.3) is 5.24 Å². The summed E-state index contributed by atoms with van der Waals surface area (Å²) in [6.07, 6.45) is -10.2. The molecule has 1 aromatic rings. The fourth-order valence-electron chi connectivity index (χ4n) is 1.26. The molecule has 0 atom stereocenters. The van der Waals surface area contributed by atoms with Gasteiger partial charge in [-0.05, 0) is 11.6 Å². The molecule has 0 bridgehead atoms. The van der Waals surface area contributed by atoms with Crippen LogP contribution in [0.5, 0.6) is 5.75 Å². The van der Waals surface area contributed by atoms with Crippen molar-refractivity contribution in [1.29, 1.82) is 0 Å². The molecule has 112 valence electrons. The van der Waals surface area contributed by atoms with E-state index < -0.39 is 46.2 Å². The summed E-state index contributed by atoms with van der Waals surface area (Å²) in [7, 11) is 0. The normalized spacial score (nSPS) is 12.4. The number of halogens is 8. The van der Waals surface area contributed by atoms with Gasteiger partial charge in [0.05, 0.1) is 5.56 Å². The lowest BCUT2D eigenvalue weighted by Gasteiger charge is -2.18. The van der Waals surface area contributed by atoms with Gasteiger partial charge in [-0.25, -0.2) is 4.98 Å². The minimum Gasteiger partial charge on any atom is -0.403 e. The Hall–Kier alpha value is -1.22. The highest BCUT2D eigenvalue weighted by atomic mass is 35.5. The first-order chi connectivity index (χ1) is 8.97. The Bertz CT molecular complexity index is 528. The van der Waals surface area contributed by atoms with Crippen molar-refractivity contribution in [2.24, 2.45) is 0 Å². The third-order valence-electron chi connectivity index (χ3n) is 1.94. The van der Waals surface area contributed by atoms with E-state index in [0.29, 0.717) is 6.20 Å². The fourth-order valence-corrected chi connectivity index (χ4v) is 1.67. The van der Waals surface area contributed by atoms with E-state index in [1.54, 1.807) is 0 Å². The molecule has 0 saturated carbocycles. The molecular weight excluding hydrogens is 339 g/mol. The molecule has 0 saturated heterocycles. The van der Waals surface area contributed by atoms with Crippen molar-refractivity contribution < 1.29 is 35.9 Å². The molecule has 0 aromatic carbocycles. The molecule has 0 spiro atoms. The van der Waals surface area contributed by atoms with Crippen LogP contribution in [0.2, 0.25) is 0 Å². The summed E-state index contributed by atoms with van der Waals surface area (Å²) in [6.45, 7) is 0. The molecule has 0 aliphatic carbocycles. The third kappa shape index (κ3) is 3.89. The van der Waals surface area contributed by atoms with Crippen LogP contribution in [-0.2, 0) is 12.1 Å². The van der Waals surface area contributed by atoms with Gasteiger partial charge in [0, 0.05) is 17.6 Å². The minimum atomic E-state index is -5.46. The summed E-state index contributed by atoms with van der Waals surface area (Å²) in [5.41, 5.74) is -3.56. The van der Waals surface area contributed by atoms with Crippen molar-refractivity contribution in [2.75, 3.05) is 0 Å². The molecule has 1 heterocycles. The van der Waals surface area contributed by atoms with Gasteiger partial charge in [-0.15, -0.1) is 24.8 Å². The summed E-state index contributed by atoms with van der Waals surface area (Å²) < 4.78 is 77.6. The zero-order valence-corrected chi connectivity index (χ0v) is 10.6. The number of nitrogens with zero attached hydrogens (tertiary/aromatic N) is 1. The van der Waals surface area contributed by atoms with Gasteiger partial charge < -0.3 is 4.74 Å². The zero-order valence-electron chi connectivity index (χ0n) is 9.07. The highest BCUT2D eigenvalue weighted by Crippen LogP contribution is 2.40. The van der Waals surface area contributed by atoms with Crippen molar-refractivity contribution in [3.63, 3.8) is 0 Å². The van der Waals surface area contributed by atoms with Crippen LogP contribution in [0.3, 0.4) is 0 Å². The fraction of sp³-hybridized carbons (Fsp3) is 0.333. The zero-order chi connectivity index (χ0) is 15.7. The number of hydrogen-bond acceptors (Lipinski definition) is 3. The number of carbonyl (C=O) groups excluding carboxylic acids is 1. The Morgan fingerprint density at radius 2 is 1.80 bits per heavy atom. The Morgan fingerprint density at radius 1 is 1.25 bits per heavy atom. The molecule has 3 nitrogen and oxygen atoms in total. The van der Waals surface area contributed by atoms with Gasteiger partial charge in [-0.2, -0.15) is 13.2 Å². The monoisotopic (exact) mass is 341 g/mol. The Morgan fingerprint density at radius 3 is 2.15 bits per heavy atom. The average molecular weight is 342 g/mol. The number of carbonyl (C=O) groups is 1. The molecule has 20 heavy (non-hydrogen) atoms. The minimum absolute atomic E-state index is 0.418. The van der Waals surface area contributed by atoms with E-state index in [2.05, 4.69) is 9.72 Å². The lowest BCUT2D eigenvalue weighted by Crippen LogP contribution is -2.23. The maximum absolute atomic E-state index is 12.6. The summed E-state index contributed by atoms with van der Waals surface area (Å²) >= 11 is 10.3. The molecule has 11 heteroatoms. The van der Waals surface area contributed by atoms with Crippen LogP contribution in [0.25, 0.3) is 0 Å². The van der Waals surface area contributed by atoms with Crippen molar-refractivity contribution in [2.45, 2.75) is 18.4 Å². The number of ether oxygens (including phenoxy) is 1. The van der Waals surface area contributed by atoms with Gasteiger partial charge in [-0.3, -0.25) is 4.79 Å². The number of hydrogen-bond donors (Lipinski definition) is 0. The van der Waals surface area contributed by atoms with Gasteiger partial charge in [-0.1, -0.05) is 0 Å². The second kappa shape index (κ2) is 5.65. The van der Waals surface area contributed by atoms with Crippen LogP contribution < -0.4 is 4.74 Å². The summed E-state index contributed by atoms with van der Waals surface area (Å²) in [5.74, 6) is -2.39. The van der Waals surface area contributed by atoms with Crippen LogP contribution in [0.15, 0.2) is 6.20 Å². The topological polar surface area (TPSA) is 39.2 Å². The molecular formula is C9H3Cl2F6NO2. The smallest absolute Gasteiger partial charge is 0.403 e. The molecule has 0 N–H and O–H groups in total. The highest BCUT2D eigenvalue weighted by Gasteiger charge is 2.43. The molecule has 0 aliphatic rings. The van der Waals surface area contributed by atoms with Crippen molar-refractivity contribution in [1.82, 2.24) is 4.98 Å². The second-order valence-electron chi connectivity index (χ2n) is 3.29. The van der Waals surface area contributed by atoms with Crippen LogP contribution in [0, 0.1) is 0 Å². The molecule has 0 radical (unpaired) electrons. The van der Waals surface area contributed by atoms with E-state index in [0.717, 1.165) is 0 Å². The third-order valence-corrected chi connectivity index (χ3v) is 2.42. The van der Waals surface area contributed by atoms with E-state index in [1.807, 2.05) is 0 Å². The average Bonchev–Trinajstić information content (AvgIpc) is 2.23. The van der Waals surface area contributed by atoms with Gasteiger partial charge in [0.2, 0.25) is 0 Å². The number of aromatic nitrogens is 1.